The number of benzene rings is 1. The van der Waals surface area contributed by atoms with Crippen LogP contribution in [0.15, 0.2) is 24.3 Å². The molecular weight excluding hydrogens is 188 g/mol. The third-order valence-corrected chi connectivity index (χ3v) is 2.93. The average Bonchev–Trinajstić information content (AvgIpc) is 2.70. The van der Waals surface area contributed by atoms with E-state index in [0.717, 1.165) is 18.8 Å². The zero-order chi connectivity index (χ0) is 10.7. The normalized spacial score (nSPS) is 20.5. The van der Waals surface area contributed by atoms with Gasteiger partial charge in [0.05, 0.1) is 0 Å². The van der Waals surface area contributed by atoms with Crippen molar-refractivity contribution < 1.29 is 5.11 Å². The van der Waals surface area contributed by atoms with Crippen LogP contribution in [0.4, 0.5) is 5.69 Å². The number of nitrogens with zero attached hydrogens (tertiary/aromatic N) is 1. The largest absolute Gasteiger partial charge is 0.508 e. The molecule has 2 N–H and O–H groups in total. The zero-order valence-electron chi connectivity index (χ0n) is 9.11. The molecule has 0 spiro atoms. The zero-order valence-corrected chi connectivity index (χ0v) is 9.11. The Morgan fingerprint density at radius 1 is 1.53 bits per heavy atom. The molecule has 1 fully saturated rings. The van der Waals surface area contributed by atoms with Gasteiger partial charge in [0.2, 0.25) is 0 Å². The van der Waals surface area contributed by atoms with E-state index in [0.29, 0.717) is 11.8 Å². The summed E-state index contributed by atoms with van der Waals surface area (Å²) in [5, 5.41) is 12.8. The summed E-state index contributed by atoms with van der Waals surface area (Å²) in [5.74, 6) is 0.332. The Kier molecular flexibility index (Phi) is 3.11. The molecule has 0 aliphatic carbocycles. The highest BCUT2D eigenvalue weighted by atomic mass is 16.3. The molecule has 15 heavy (non-hydrogen) atoms. The number of phenols is 1. The maximum Gasteiger partial charge on any atom is 0.117 e. The molecule has 0 saturated carbocycles. The van der Waals surface area contributed by atoms with Crippen LogP contribution in [0.2, 0.25) is 0 Å². The minimum Gasteiger partial charge on any atom is -0.508 e. The van der Waals surface area contributed by atoms with Gasteiger partial charge in [-0.1, -0.05) is 6.07 Å². The summed E-state index contributed by atoms with van der Waals surface area (Å²) >= 11 is 0. The van der Waals surface area contributed by atoms with Crippen LogP contribution < -0.4 is 10.2 Å². The van der Waals surface area contributed by atoms with E-state index in [1.807, 2.05) is 12.1 Å². The van der Waals surface area contributed by atoms with Crippen LogP contribution in [-0.2, 0) is 0 Å². The lowest BCUT2D eigenvalue weighted by Crippen LogP contribution is -2.35. The van der Waals surface area contributed by atoms with Gasteiger partial charge in [0, 0.05) is 31.4 Å². The standard InChI is InChI=1S/C12H18N2O/c1-14(9-10-4-3-7-13-10)11-5-2-6-12(15)8-11/h2,5-6,8,10,13,15H,3-4,7,9H2,1H3. The first kappa shape index (κ1) is 10.3. The molecule has 1 unspecified atom stereocenters. The van der Waals surface area contributed by atoms with Gasteiger partial charge in [-0.15, -0.1) is 0 Å². The Hall–Kier alpha value is -1.22. The lowest BCUT2D eigenvalue weighted by Gasteiger charge is -2.23. The molecule has 2 rings (SSSR count). The van der Waals surface area contributed by atoms with Crippen LogP contribution in [0.3, 0.4) is 0 Å². The van der Waals surface area contributed by atoms with Crippen molar-refractivity contribution in [3.8, 4) is 5.75 Å². The molecule has 0 radical (unpaired) electrons. The van der Waals surface area contributed by atoms with E-state index < -0.39 is 0 Å². The van der Waals surface area contributed by atoms with Gasteiger partial charge < -0.3 is 15.3 Å². The summed E-state index contributed by atoms with van der Waals surface area (Å²) in [7, 11) is 2.06. The third kappa shape index (κ3) is 2.63. The molecule has 0 bridgehead atoms. The Morgan fingerprint density at radius 2 is 2.40 bits per heavy atom. The molecule has 1 aromatic rings. The van der Waals surface area contributed by atoms with Crippen molar-refractivity contribution in [3.63, 3.8) is 0 Å². The molecule has 3 nitrogen and oxygen atoms in total. The lowest BCUT2D eigenvalue weighted by molar-refractivity contribution is 0.475. The summed E-state index contributed by atoms with van der Waals surface area (Å²) in [6.45, 7) is 2.14. The van der Waals surface area contributed by atoms with Crippen molar-refractivity contribution in [1.29, 1.82) is 0 Å². The first-order chi connectivity index (χ1) is 7.25. The molecular formula is C12H18N2O. The molecule has 1 aromatic carbocycles. The maximum atomic E-state index is 9.38. The number of hydrogen-bond donors (Lipinski definition) is 2. The van der Waals surface area contributed by atoms with E-state index in [1.54, 1.807) is 12.1 Å². The van der Waals surface area contributed by atoms with E-state index in [4.69, 9.17) is 0 Å². The fourth-order valence-corrected chi connectivity index (χ4v) is 2.08. The van der Waals surface area contributed by atoms with E-state index in [1.165, 1.54) is 12.8 Å². The minimum absolute atomic E-state index is 0.332. The lowest BCUT2D eigenvalue weighted by atomic mass is 10.2. The van der Waals surface area contributed by atoms with Crippen molar-refractivity contribution >= 4 is 5.69 Å². The number of hydrogen-bond acceptors (Lipinski definition) is 3. The summed E-state index contributed by atoms with van der Waals surface area (Å²) in [4.78, 5) is 2.18. The predicted molar refractivity (Wildman–Crippen MR) is 62.4 cm³/mol. The summed E-state index contributed by atoms with van der Waals surface area (Å²) in [6.07, 6.45) is 2.53. The smallest absolute Gasteiger partial charge is 0.117 e. The average molecular weight is 206 g/mol. The van der Waals surface area contributed by atoms with Gasteiger partial charge in [-0.25, -0.2) is 0 Å². The van der Waals surface area contributed by atoms with Gasteiger partial charge in [0.15, 0.2) is 0 Å². The van der Waals surface area contributed by atoms with Crippen molar-refractivity contribution in [3.05, 3.63) is 24.3 Å². The van der Waals surface area contributed by atoms with Gasteiger partial charge in [0.1, 0.15) is 5.75 Å². The van der Waals surface area contributed by atoms with E-state index in [2.05, 4.69) is 17.3 Å². The fraction of sp³-hybridized carbons (Fsp3) is 0.500. The number of rotatable bonds is 3. The first-order valence-corrected chi connectivity index (χ1v) is 5.49. The SMILES string of the molecule is CN(CC1CCCN1)c1cccc(O)c1. The summed E-state index contributed by atoms with van der Waals surface area (Å²) < 4.78 is 0. The maximum absolute atomic E-state index is 9.38. The van der Waals surface area contributed by atoms with Crippen molar-refractivity contribution in [2.24, 2.45) is 0 Å². The van der Waals surface area contributed by atoms with Crippen LogP contribution in [0, 0.1) is 0 Å². The highest BCUT2D eigenvalue weighted by Crippen LogP contribution is 2.19. The van der Waals surface area contributed by atoms with Crippen molar-refractivity contribution in [2.75, 3.05) is 25.0 Å². The Balaban J connectivity index is 1.97. The molecule has 0 amide bonds. The van der Waals surface area contributed by atoms with Crippen LogP contribution >= 0.6 is 0 Å². The van der Waals surface area contributed by atoms with E-state index in [-0.39, 0.29) is 0 Å². The van der Waals surface area contributed by atoms with Crippen molar-refractivity contribution in [1.82, 2.24) is 5.32 Å². The molecule has 82 valence electrons. The Morgan fingerprint density at radius 3 is 3.07 bits per heavy atom. The molecule has 3 heteroatoms. The highest BCUT2D eigenvalue weighted by molar-refractivity contribution is 5.49. The Labute approximate surface area is 90.7 Å². The number of phenolic OH excluding ortho intramolecular Hbond substituents is 1. The van der Waals surface area contributed by atoms with Crippen LogP contribution in [0.1, 0.15) is 12.8 Å². The van der Waals surface area contributed by atoms with Gasteiger partial charge in [-0.3, -0.25) is 0 Å². The second-order valence-electron chi connectivity index (χ2n) is 4.19. The molecule has 1 aliphatic heterocycles. The molecule has 0 aromatic heterocycles. The second-order valence-corrected chi connectivity index (χ2v) is 4.19. The second kappa shape index (κ2) is 4.53. The third-order valence-electron chi connectivity index (χ3n) is 2.93. The molecule has 1 heterocycles. The molecule has 1 atom stereocenters. The number of nitrogens with one attached hydrogen (secondary N) is 1. The van der Waals surface area contributed by atoms with Crippen molar-refractivity contribution in [2.45, 2.75) is 18.9 Å². The summed E-state index contributed by atoms with van der Waals surface area (Å²) in [6, 6.07) is 8.00. The van der Waals surface area contributed by atoms with Crippen LogP contribution in [0.5, 0.6) is 5.75 Å². The quantitative estimate of drug-likeness (QED) is 0.788. The van der Waals surface area contributed by atoms with Gasteiger partial charge >= 0.3 is 0 Å². The van der Waals surface area contributed by atoms with Crippen LogP contribution in [0.25, 0.3) is 0 Å². The first-order valence-electron chi connectivity index (χ1n) is 5.49. The molecule has 1 aliphatic rings. The number of aromatic hydroxyl groups is 1. The number of anilines is 1. The molecule has 1 saturated heterocycles. The number of likely N-dealkylation sites (N-methyl/N-ethyl adjacent to an activating group) is 1. The van der Waals surface area contributed by atoms with Gasteiger partial charge in [-0.2, -0.15) is 0 Å². The van der Waals surface area contributed by atoms with Gasteiger partial charge in [-0.05, 0) is 31.5 Å². The van der Waals surface area contributed by atoms with Crippen LogP contribution in [-0.4, -0.2) is 31.3 Å². The predicted octanol–water partition coefficient (Wildman–Crippen LogP) is 1.58. The minimum atomic E-state index is 0.332. The van der Waals surface area contributed by atoms with E-state index >= 15 is 0 Å². The highest BCUT2D eigenvalue weighted by Gasteiger charge is 2.15. The van der Waals surface area contributed by atoms with E-state index in [9.17, 15) is 5.11 Å². The van der Waals surface area contributed by atoms with Gasteiger partial charge in [0.25, 0.3) is 0 Å². The summed E-state index contributed by atoms with van der Waals surface area (Å²) in [5.41, 5.74) is 1.07. The monoisotopic (exact) mass is 206 g/mol. The Bertz CT molecular complexity index is 321. The topological polar surface area (TPSA) is 35.5 Å². The fourth-order valence-electron chi connectivity index (χ4n) is 2.08.